The molecule has 0 bridgehead atoms. The van der Waals surface area contributed by atoms with Crippen molar-refractivity contribution in [1.29, 1.82) is 0 Å². The lowest BCUT2D eigenvalue weighted by Crippen LogP contribution is -2.40. The van der Waals surface area contributed by atoms with E-state index in [2.05, 4.69) is 4.99 Å². The Morgan fingerprint density at radius 3 is 2.82 bits per heavy atom. The number of carbonyl (C=O) groups is 1. The van der Waals surface area contributed by atoms with Gasteiger partial charge in [-0.3, -0.25) is 9.36 Å². The SMILES string of the molecule is CCOC(=O)C1=C(C)N=c2sc(=Cc3ccc4c(c3)OCO4)c(=O)n2[C@H]1c1ccccc1OC. The van der Waals surface area contributed by atoms with Crippen molar-refractivity contribution in [2.75, 3.05) is 20.5 Å². The van der Waals surface area contributed by atoms with E-state index in [1.165, 1.54) is 11.3 Å². The second kappa shape index (κ2) is 8.83. The lowest BCUT2D eigenvalue weighted by Gasteiger charge is -2.25. The number of esters is 1. The van der Waals surface area contributed by atoms with Crippen LogP contribution < -0.4 is 29.1 Å². The van der Waals surface area contributed by atoms with E-state index < -0.39 is 12.0 Å². The Kier molecular flexibility index (Phi) is 5.70. The molecular formula is C25H22N2O6S. The van der Waals surface area contributed by atoms with Crippen molar-refractivity contribution in [2.45, 2.75) is 19.9 Å². The summed E-state index contributed by atoms with van der Waals surface area (Å²) in [6, 6.07) is 12.1. The molecule has 0 amide bonds. The first-order valence-electron chi connectivity index (χ1n) is 10.7. The van der Waals surface area contributed by atoms with Crippen molar-refractivity contribution < 1.29 is 23.7 Å². The van der Waals surface area contributed by atoms with Crippen LogP contribution in [-0.2, 0) is 9.53 Å². The van der Waals surface area contributed by atoms with Crippen LogP contribution in [0.1, 0.15) is 31.0 Å². The summed E-state index contributed by atoms with van der Waals surface area (Å²) in [5, 5.41) is 0. The molecule has 0 unspecified atom stereocenters. The van der Waals surface area contributed by atoms with Gasteiger partial charge >= 0.3 is 5.97 Å². The maximum Gasteiger partial charge on any atom is 0.338 e. The van der Waals surface area contributed by atoms with Gasteiger partial charge in [-0.05, 0) is 43.7 Å². The van der Waals surface area contributed by atoms with Gasteiger partial charge in [-0.1, -0.05) is 35.6 Å². The van der Waals surface area contributed by atoms with Crippen LogP contribution in [0.2, 0.25) is 0 Å². The van der Waals surface area contributed by atoms with Gasteiger partial charge in [0.15, 0.2) is 16.3 Å². The van der Waals surface area contributed by atoms with Crippen molar-refractivity contribution in [1.82, 2.24) is 4.57 Å². The number of nitrogens with zero attached hydrogens (tertiary/aromatic N) is 2. The zero-order valence-corrected chi connectivity index (χ0v) is 19.7. The maximum atomic E-state index is 13.7. The van der Waals surface area contributed by atoms with Gasteiger partial charge in [0.25, 0.3) is 5.56 Å². The molecule has 0 radical (unpaired) electrons. The van der Waals surface area contributed by atoms with Crippen LogP contribution in [0.15, 0.2) is 63.5 Å². The highest BCUT2D eigenvalue weighted by atomic mass is 32.1. The Labute approximate surface area is 199 Å². The lowest BCUT2D eigenvalue weighted by atomic mass is 9.95. The second-order valence-corrected chi connectivity index (χ2v) is 8.67. The van der Waals surface area contributed by atoms with E-state index in [-0.39, 0.29) is 19.0 Å². The number of rotatable bonds is 5. The molecule has 1 aromatic heterocycles. The average molecular weight is 479 g/mol. The smallest absolute Gasteiger partial charge is 0.338 e. The number of ether oxygens (including phenoxy) is 4. The second-order valence-electron chi connectivity index (χ2n) is 7.66. The third kappa shape index (κ3) is 3.67. The van der Waals surface area contributed by atoms with Crippen LogP contribution in [-0.4, -0.2) is 31.0 Å². The number of carbonyl (C=O) groups excluding carboxylic acids is 1. The first-order chi connectivity index (χ1) is 16.5. The number of methoxy groups -OCH3 is 1. The zero-order valence-electron chi connectivity index (χ0n) is 18.9. The number of benzene rings is 2. The molecule has 2 aliphatic rings. The molecule has 2 aromatic carbocycles. The van der Waals surface area contributed by atoms with Gasteiger partial charge in [-0.2, -0.15) is 0 Å². The molecular weight excluding hydrogens is 456 g/mol. The van der Waals surface area contributed by atoms with Crippen LogP contribution in [0.5, 0.6) is 17.2 Å². The van der Waals surface area contributed by atoms with Crippen molar-refractivity contribution in [3.05, 3.63) is 84.5 Å². The highest BCUT2D eigenvalue weighted by molar-refractivity contribution is 7.07. The molecule has 34 heavy (non-hydrogen) atoms. The predicted molar refractivity (Wildman–Crippen MR) is 126 cm³/mol. The third-order valence-corrected chi connectivity index (χ3v) is 6.63. The van der Waals surface area contributed by atoms with Crippen LogP contribution in [0.3, 0.4) is 0 Å². The molecule has 1 atom stereocenters. The fourth-order valence-corrected chi connectivity index (χ4v) is 5.18. The van der Waals surface area contributed by atoms with Gasteiger partial charge in [0.05, 0.1) is 29.5 Å². The highest BCUT2D eigenvalue weighted by Crippen LogP contribution is 2.36. The molecule has 174 valence electrons. The van der Waals surface area contributed by atoms with Crippen LogP contribution >= 0.6 is 11.3 Å². The molecule has 0 fully saturated rings. The first kappa shape index (κ1) is 22.0. The van der Waals surface area contributed by atoms with Gasteiger partial charge < -0.3 is 18.9 Å². The molecule has 3 aromatic rings. The summed E-state index contributed by atoms with van der Waals surface area (Å²) in [6.07, 6.45) is 1.79. The minimum absolute atomic E-state index is 0.176. The van der Waals surface area contributed by atoms with E-state index in [0.717, 1.165) is 5.56 Å². The van der Waals surface area contributed by atoms with Gasteiger partial charge in [0, 0.05) is 5.56 Å². The zero-order chi connectivity index (χ0) is 23.8. The molecule has 0 spiro atoms. The summed E-state index contributed by atoms with van der Waals surface area (Å²) >= 11 is 1.26. The van der Waals surface area contributed by atoms with Crippen molar-refractivity contribution in [2.24, 2.45) is 4.99 Å². The molecule has 5 rings (SSSR count). The number of fused-ring (bicyclic) bond motifs is 2. The molecule has 3 heterocycles. The fraction of sp³-hybridized carbons (Fsp3) is 0.240. The standard InChI is InChI=1S/C25H22N2O6S/c1-4-31-24(29)21-14(2)26-25-27(22(21)16-7-5-6-8-17(16)30-3)23(28)20(34-25)12-15-9-10-18-19(11-15)33-13-32-18/h5-12,22H,4,13H2,1-3H3/t22-/m0/s1. The number of para-hydroxylation sites is 1. The predicted octanol–water partition coefficient (Wildman–Crippen LogP) is 2.54. The van der Waals surface area contributed by atoms with Crippen molar-refractivity contribution >= 4 is 23.4 Å². The maximum absolute atomic E-state index is 13.7. The Balaban J connectivity index is 1.72. The quantitative estimate of drug-likeness (QED) is 0.524. The summed E-state index contributed by atoms with van der Waals surface area (Å²) in [5.74, 6) is 1.36. The molecule has 2 aliphatic heterocycles. The Morgan fingerprint density at radius 1 is 1.24 bits per heavy atom. The largest absolute Gasteiger partial charge is 0.496 e. The molecule has 8 nitrogen and oxygen atoms in total. The monoisotopic (exact) mass is 478 g/mol. The van der Waals surface area contributed by atoms with Crippen LogP contribution in [0.25, 0.3) is 6.08 Å². The number of hydrogen-bond acceptors (Lipinski definition) is 8. The van der Waals surface area contributed by atoms with Crippen LogP contribution in [0.4, 0.5) is 0 Å². The summed E-state index contributed by atoms with van der Waals surface area (Å²) in [5.41, 5.74) is 2.04. The fourth-order valence-electron chi connectivity index (χ4n) is 4.13. The number of allylic oxidation sites excluding steroid dienone is 1. The van der Waals surface area contributed by atoms with E-state index in [4.69, 9.17) is 18.9 Å². The van der Waals surface area contributed by atoms with E-state index in [9.17, 15) is 9.59 Å². The Morgan fingerprint density at radius 2 is 2.03 bits per heavy atom. The highest BCUT2D eigenvalue weighted by Gasteiger charge is 2.34. The van der Waals surface area contributed by atoms with Crippen LogP contribution in [0, 0.1) is 0 Å². The summed E-state index contributed by atoms with van der Waals surface area (Å²) < 4.78 is 23.8. The molecule has 0 saturated heterocycles. The Bertz CT molecular complexity index is 1500. The van der Waals surface area contributed by atoms with Crippen molar-refractivity contribution in [3.8, 4) is 17.2 Å². The number of hydrogen-bond donors (Lipinski definition) is 0. The normalized spacial score (nSPS) is 16.8. The van der Waals surface area contributed by atoms with Gasteiger partial charge in [-0.15, -0.1) is 0 Å². The van der Waals surface area contributed by atoms with E-state index in [1.54, 1.807) is 37.7 Å². The number of thiazole rings is 1. The first-order valence-corrected chi connectivity index (χ1v) is 11.6. The van der Waals surface area contributed by atoms with Gasteiger partial charge in [-0.25, -0.2) is 9.79 Å². The van der Waals surface area contributed by atoms with Crippen molar-refractivity contribution in [3.63, 3.8) is 0 Å². The van der Waals surface area contributed by atoms with Gasteiger partial charge in [0.2, 0.25) is 6.79 Å². The number of aromatic nitrogens is 1. The van der Waals surface area contributed by atoms with Gasteiger partial charge in [0.1, 0.15) is 11.8 Å². The Hall–Kier alpha value is -3.85. The molecule has 0 saturated carbocycles. The third-order valence-electron chi connectivity index (χ3n) is 5.64. The summed E-state index contributed by atoms with van der Waals surface area (Å²) in [6.45, 7) is 3.88. The van der Waals surface area contributed by atoms with E-state index in [0.29, 0.717) is 43.4 Å². The summed E-state index contributed by atoms with van der Waals surface area (Å²) in [4.78, 5) is 31.8. The topological polar surface area (TPSA) is 88.4 Å². The summed E-state index contributed by atoms with van der Waals surface area (Å²) in [7, 11) is 1.56. The molecule has 9 heteroatoms. The molecule has 0 aliphatic carbocycles. The van der Waals surface area contributed by atoms with E-state index >= 15 is 0 Å². The minimum atomic E-state index is -0.731. The lowest BCUT2D eigenvalue weighted by molar-refractivity contribution is -0.139. The average Bonchev–Trinajstić information content (AvgIpc) is 3.42. The van der Waals surface area contributed by atoms with E-state index in [1.807, 2.05) is 36.4 Å². The molecule has 0 N–H and O–H groups in total. The minimum Gasteiger partial charge on any atom is -0.496 e.